The Hall–Kier alpha value is -2.66. The summed E-state index contributed by atoms with van der Waals surface area (Å²) >= 11 is 1.63. The van der Waals surface area contributed by atoms with Crippen LogP contribution in [0, 0.1) is 0 Å². The molecule has 4 nitrogen and oxygen atoms in total. The van der Waals surface area contributed by atoms with Gasteiger partial charge in [-0.05, 0) is 46.5 Å². The van der Waals surface area contributed by atoms with Crippen LogP contribution in [0.5, 0.6) is 0 Å². The Kier molecular flexibility index (Phi) is 4.68. The Morgan fingerprint density at radius 2 is 1.91 bits per heavy atom. The number of amides is 1. The minimum atomic E-state index is -0.376. The van der Waals surface area contributed by atoms with Crippen LogP contribution in [-0.4, -0.2) is 17.4 Å². The fraction of sp³-hybridized carbons (Fsp3) is 0.111. The number of pyridine rings is 1. The number of benzene rings is 1. The van der Waals surface area contributed by atoms with Crippen LogP contribution in [0.2, 0.25) is 0 Å². The fourth-order valence-electron chi connectivity index (χ4n) is 2.29. The van der Waals surface area contributed by atoms with E-state index in [9.17, 15) is 9.59 Å². The van der Waals surface area contributed by atoms with Gasteiger partial charge in [0.05, 0.1) is 0 Å². The molecule has 2 aromatic heterocycles. The van der Waals surface area contributed by atoms with Gasteiger partial charge in [-0.15, -0.1) is 0 Å². The first-order valence-corrected chi connectivity index (χ1v) is 8.26. The van der Waals surface area contributed by atoms with E-state index in [2.05, 4.69) is 10.3 Å². The molecule has 3 rings (SSSR count). The van der Waals surface area contributed by atoms with Crippen molar-refractivity contribution in [2.24, 2.45) is 0 Å². The molecule has 5 heteroatoms. The monoisotopic (exact) mass is 324 g/mol. The van der Waals surface area contributed by atoms with E-state index in [0.29, 0.717) is 12.2 Å². The molecule has 0 bridgehead atoms. The van der Waals surface area contributed by atoms with E-state index in [4.69, 9.17) is 0 Å². The Labute approximate surface area is 137 Å². The van der Waals surface area contributed by atoms with E-state index in [1.54, 1.807) is 23.5 Å². The molecule has 2 N–H and O–H groups in total. The highest BCUT2D eigenvalue weighted by Crippen LogP contribution is 2.14. The van der Waals surface area contributed by atoms with Gasteiger partial charge in [0.25, 0.3) is 11.5 Å². The van der Waals surface area contributed by atoms with Gasteiger partial charge >= 0.3 is 0 Å². The topological polar surface area (TPSA) is 62.0 Å². The zero-order chi connectivity index (χ0) is 16.1. The number of hydrogen-bond acceptors (Lipinski definition) is 3. The average Bonchev–Trinajstić information content (AvgIpc) is 3.09. The van der Waals surface area contributed by atoms with Crippen molar-refractivity contribution >= 4 is 17.2 Å². The zero-order valence-electron chi connectivity index (χ0n) is 12.4. The van der Waals surface area contributed by atoms with Gasteiger partial charge in [0, 0.05) is 12.2 Å². The molecular formula is C18H16N2O2S. The summed E-state index contributed by atoms with van der Waals surface area (Å²) in [5, 5.41) is 6.84. The number of rotatable bonds is 5. The molecule has 1 amide bonds. The van der Waals surface area contributed by atoms with Crippen LogP contribution >= 0.6 is 11.3 Å². The predicted molar refractivity (Wildman–Crippen MR) is 92.9 cm³/mol. The highest BCUT2D eigenvalue weighted by molar-refractivity contribution is 7.07. The molecule has 0 unspecified atom stereocenters. The SMILES string of the molecule is O=C(NCCc1ccsc1)c1ccc(-c2ccccc2)[nH]c1=O. The lowest BCUT2D eigenvalue weighted by Gasteiger charge is -2.06. The van der Waals surface area contributed by atoms with Crippen molar-refractivity contribution in [2.45, 2.75) is 6.42 Å². The number of nitrogens with one attached hydrogen (secondary N) is 2. The van der Waals surface area contributed by atoms with E-state index >= 15 is 0 Å². The Morgan fingerprint density at radius 1 is 1.09 bits per heavy atom. The number of carbonyl (C=O) groups is 1. The molecule has 0 spiro atoms. The third-order valence-electron chi connectivity index (χ3n) is 3.52. The minimum Gasteiger partial charge on any atom is -0.352 e. The van der Waals surface area contributed by atoms with E-state index in [0.717, 1.165) is 12.0 Å². The molecule has 0 saturated heterocycles. The van der Waals surface area contributed by atoms with Gasteiger partial charge in [-0.1, -0.05) is 30.3 Å². The summed E-state index contributed by atoms with van der Waals surface area (Å²) < 4.78 is 0. The van der Waals surface area contributed by atoms with Crippen molar-refractivity contribution in [1.29, 1.82) is 0 Å². The second-order valence-electron chi connectivity index (χ2n) is 5.12. The Morgan fingerprint density at radius 3 is 2.61 bits per heavy atom. The van der Waals surface area contributed by atoms with Gasteiger partial charge in [-0.2, -0.15) is 11.3 Å². The lowest BCUT2D eigenvalue weighted by Crippen LogP contribution is -2.31. The molecule has 0 saturated carbocycles. The molecule has 3 aromatic rings. The van der Waals surface area contributed by atoms with Crippen LogP contribution in [0.25, 0.3) is 11.3 Å². The summed E-state index contributed by atoms with van der Waals surface area (Å²) in [6.45, 7) is 0.509. The summed E-state index contributed by atoms with van der Waals surface area (Å²) in [4.78, 5) is 27.0. The number of aromatic nitrogens is 1. The van der Waals surface area contributed by atoms with Crippen LogP contribution in [0.1, 0.15) is 15.9 Å². The molecule has 0 fully saturated rings. The number of hydrogen-bond donors (Lipinski definition) is 2. The van der Waals surface area contributed by atoms with Crippen molar-refractivity contribution in [2.75, 3.05) is 6.54 Å². The van der Waals surface area contributed by atoms with Crippen LogP contribution in [0.15, 0.2) is 64.1 Å². The molecule has 0 radical (unpaired) electrons. The van der Waals surface area contributed by atoms with E-state index < -0.39 is 0 Å². The zero-order valence-corrected chi connectivity index (χ0v) is 13.2. The highest BCUT2D eigenvalue weighted by Gasteiger charge is 2.11. The van der Waals surface area contributed by atoms with Crippen molar-refractivity contribution in [1.82, 2.24) is 10.3 Å². The van der Waals surface area contributed by atoms with E-state index in [-0.39, 0.29) is 17.0 Å². The molecule has 1 aromatic carbocycles. The predicted octanol–water partition coefficient (Wildman–Crippen LogP) is 3.08. The first kappa shape index (κ1) is 15.2. The van der Waals surface area contributed by atoms with Gasteiger partial charge in [-0.3, -0.25) is 9.59 Å². The van der Waals surface area contributed by atoms with E-state index in [1.165, 1.54) is 5.56 Å². The third-order valence-corrected chi connectivity index (χ3v) is 4.25. The summed E-state index contributed by atoms with van der Waals surface area (Å²) in [6.07, 6.45) is 0.759. The molecule has 0 atom stereocenters. The quantitative estimate of drug-likeness (QED) is 0.757. The molecule has 0 aliphatic heterocycles. The van der Waals surface area contributed by atoms with Crippen LogP contribution in [0.3, 0.4) is 0 Å². The smallest absolute Gasteiger partial charge is 0.261 e. The summed E-state index contributed by atoms with van der Waals surface area (Å²) in [5.74, 6) is -0.346. The van der Waals surface area contributed by atoms with Crippen molar-refractivity contribution in [3.05, 3.63) is 80.8 Å². The van der Waals surface area contributed by atoms with Gasteiger partial charge in [-0.25, -0.2) is 0 Å². The lowest BCUT2D eigenvalue weighted by atomic mass is 10.1. The molecular weight excluding hydrogens is 308 g/mol. The average molecular weight is 324 g/mol. The number of thiophene rings is 1. The molecule has 0 aliphatic carbocycles. The Balaban J connectivity index is 1.68. The van der Waals surface area contributed by atoms with Gasteiger partial charge < -0.3 is 10.3 Å². The third kappa shape index (κ3) is 3.76. The van der Waals surface area contributed by atoms with Gasteiger partial charge in [0.2, 0.25) is 0 Å². The number of carbonyl (C=O) groups excluding carboxylic acids is 1. The normalized spacial score (nSPS) is 10.4. The summed E-state index contributed by atoms with van der Waals surface area (Å²) in [5.41, 5.74) is 2.55. The van der Waals surface area contributed by atoms with E-state index in [1.807, 2.05) is 47.2 Å². The van der Waals surface area contributed by atoms with Crippen molar-refractivity contribution < 1.29 is 4.79 Å². The lowest BCUT2D eigenvalue weighted by molar-refractivity contribution is 0.0952. The first-order valence-electron chi connectivity index (χ1n) is 7.32. The number of H-pyrrole nitrogens is 1. The highest BCUT2D eigenvalue weighted by atomic mass is 32.1. The van der Waals surface area contributed by atoms with Gasteiger partial charge in [0.1, 0.15) is 5.56 Å². The second-order valence-corrected chi connectivity index (χ2v) is 5.90. The van der Waals surface area contributed by atoms with Crippen LogP contribution < -0.4 is 10.9 Å². The maximum absolute atomic E-state index is 12.1. The second kappa shape index (κ2) is 7.07. The van der Waals surface area contributed by atoms with Crippen molar-refractivity contribution in [3.63, 3.8) is 0 Å². The summed E-state index contributed by atoms with van der Waals surface area (Å²) in [7, 11) is 0. The maximum atomic E-state index is 12.1. The minimum absolute atomic E-state index is 0.134. The first-order chi connectivity index (χ1) is 11.2. The largest absolute Gasteiger partial charge is 0.352 e. The molecule has 0 aliphatic rings. The van der Waals surface area contributed by atoms with Crippen molar-refractivity contribution in [3.8, 4) is 11.3 Å². The standard InChI is InChI=1S/C18H16N2O2S/c21-17(19-10-8-13-9-11-23-12-13)15-6-7-16(20-18(15)22)14-4-2-1-3-5-14/h1-7,9,11-12H,8,10H2,(H,19,21)(H,20,22). The Bertz CT molecular complexity index is 839. The molecule has 2 heterocycles. The molecule has 116 valence electrons. The van der Waals surface area contributed by atoms with Crippen LogP contribution in [0.4, 0.5) is 0 Å². The maximum Gasteiger partial charge on any atom is 0.261 e. The molecule has 23 heavy (non-hydrogen) atoms. The number of aromatic amines is 1. The fourth-order valence-corrected chi connectivity index (χ4v) is 2.99. The summed E-state index contributed by atoms with van der Waals surface area (Å²) in [6, 6.07) is 14.9. The van der Waals surface area contributed by atoms with Gasteiger partial charge in [0.15, 0.2) is 0 Å². The van der Waals surface area contributed by atoms with Crippen LogP contribution in [-0.2, 0) is 6.42 Å².